The Kier molecular flexibility index (Phi) is 9.04. The van der Waals surface area contributed by atoms with Gasteiger partial charge in [0, 0.05) is 0 Å². The molecule has 0 unspecified atom stereocenters. The van der Waals surface area contributed by atoms with Gasteiger partial charge in [0.25, 0.3) is 0 Å². The first-order valence-corrected chi connectivity index (χ1v) is 16.2. The van der Waals surface area contributed by atoms with E-state index >= 15 is 0 Å². The summed E-state index contributed by atoms with van der Waals surface area (Å²) in [7, 11) is 0. The van der Waals surface area contributed by atoms with Crippen LogP contribution in [-0.4, -0.2) is 79.2 Å². The summed E-state index contributed by atoms with van der Waals surface area (Å²) in [6.45, 7) is 0. The van der Waals surface area contributed by atoms with E-state index in [0.717, 1.165) is 9.88 Å². The molecule has 0 aromatic heterocycles. The molecule has 0 nitrogen and oxygen atoms in total. The van der Waals surface area contributed by atoms with E-state index in [1.807, 2.05) is 0 Å². The van der Waals surface area contributed by atoms with E-state index in [1.165, 1.54) is 0 Å². The van der Waals surface area contributed by atoms with Crippen molar-refractivity contribution in [2.24, 2.45) is 0 Å². The molecule has 0 N–H and O–H groups in total. The third-order valence-corrected chi connectivity index (χ3v) is 8.08. The standard InChI is InChI=1S/C12H4F21.2CH3.Sn/c1-2-3(13,14)4(15,16)5(17,18)6(19,20)7(21,22)8(23,24)9(25,26)10(27,28)11(29,30)12(31,32)33;;;/h1-2H2;2*1H3;. The topological polar surface area (TPSA) is 0 Å². The van der Waals surface area contributed by atoms with Crippen LogP contribution in [-0.2, 0) is 0 Å². The molecule has 0 aliphatic heterocycles. The Labute approximate surface area is 192 Å². The molecule has 0 saturated carbocycles. The van der Waals surface area contributed by atoms with E-state index in [-0.39, 0.29) is 0 Å². The van der Waals surface area contributed by atoms with Gasteiger partial charge in [-0.15, -0.1) is 0 Å². The third-order valence-electron chi connectivity index (χ3n) is 4.51. The summed E-state index contributed by atoms with van der Waals surface area (Å²) in [6, 6.07) is 0. The number of hydrogen-bond donors (Lipinski definition) is 0. The van der Waals surface area contributed by atoms with Crippen molar-refractivity contribution in [3.8, 4) is 0 Å². The molecule has 0 fully saturated rings. The van der Waals surface area contributed by atoms with Crippen LogP contribution in [0, 0.1) is 0 Å². The van der Waals surface area contributed by atoms with E-state index in [9.17, 15) is 92.2 Å². The molecule has 217 valence electrons. The van der Waals surface area contributed by atoms with E-state index in [1.54, 1.807) is 0 Å². The van der Waals surface area contributed by atoms with E-state index in [2.05, 4.69) is 0 Å². The maximum atomic E-state index is 13.6. The normalized spacial score (nSPS) is 16.7. The predicted octanol–water partition coefficient (Wildman–Crippen LogP) is 8.41. The quantitative estimate of drug-likeness (QED) is 0.151. The van der Waals surface area contributed by atoms with E-state index in [0.29, 0.717) is 0 Å². The van der Waals surface area contributed by atoms with Gasteiger partial charge in [0.05, 0.1) is 0 Å². The molecule has 1 radical (unpaired) electrons. The summed E-state index contributed by atoms with van der Waals surface area (Å²) in [5.41, 5.74) is 0. The molecule has 22 heteroatoms. The summed E-state index contributed by atoms with van der Waals surface area (Å²) in [4.78, 5) is 2.27. The maximum absolute atomic E-state index is 13.6. The summed E-state index contributed by atoms with van der Waals surface area (Å²) in [5.74, 6) is -76.1. The van der Waals surface area contributed by atoms with Gasteiger partial charge in [0.1, 0.15) is 0 Å². The first kappa shape index (κ1) is 35.3. The summed E-state index contributed by atoms with van der Waals surface area (Å²) < 4.78 is 275. The molecule has 0 aliphatic rings. The van der Waals surface area contributed by atoms with Crippen LogP contribution in [0.4, 0.5) is 92.2 Å². The Bertz CT molecular complexity index is 776. The van der Waals surface area contributed by atoms with Gasteiger partial charge < -0.3 is 0 Å². The predicted molar refractivity (Wildman–Crippen MR) is 77.5 cm³/mol. The van der Waals surface area contributed by atoms with Crippen LogP contribution in [0.15, 0.2) is 0 Å². The van der Waals surface area contributed by atoms with Crippen LogP contribution in [0.25, 0.3) is 0 Å². The van der Waals surface area contributed by atoms with Gasteiger partial charge in [-0.1, -0.05) is 0 Å². The molecular formula is C14H10F21Sn. The first-order chi connectivity index (χ1) is 15.2. The second kappa shape index (κ2) is 9.21. The third kappa shape index (κ3) is 4.67. The van der Waals surface area contributed by atoms with Crippen molar-refractivity contribution >= 4 is 19.8 Å². The van der Waals surface area contributed by atoms with Crippen molar-refractivity contribution in [2.75, 3.05) is 0 Å². The fraction of sp³-hybridized carbons (Fsp3) is 1.00. The minimum atomic E-state index is -9.12. The van der Waals surface area contributed by atoms with Crippen molar-refractivity contribution in [2.45, 2.75) is 80.2 Å². The van der Waals surface area contributed by atoms with Crippen LogP contribution in [0.3, 0.4) is 0 Å². The molecule has 0 rings (SSSR count). The zero-order chi connectivity index (χ0) is 30.0. The Morgan fingerprint density at radius 3 is 0.806 bits per heavy atom. The van der Waals surface area contributed by atoms with E-state index < -0.39 is 90.1 Å². The Morgan fingerprint density at radius 1 is 0.361 bits per heavy atom. The summed E-state index contributed by atoms with van der Waals surface area (Å²) >= 11 is -2.98. The fourth-order valence-electron chi connectivity index (χ4n) is 2.15. The molecular weight excluding hydrogens is 686 g/mol. The van der Waals surface area contributed by atoms with Crippen molar-refractivity contribution in [1.29, 1.82) is 0 Å². The SMILES string of the molecule is [CH3][Sn]([CH3])[CH2]CC(F)(F)C(F)(F)C(F)(F)C(F)(F)C(F)(F)C(F)(F)C(F)(F)C(F)(F)C(F)(F)C(F)(F)F. The first-order valence-electron chi connectivity index (χ1n) is 8.43. The molecule has 0 amide bonds. The minimum absolute atomic E-state index is 1.06. The van der Waals surface area contributed by atoms with Gasteiger partial charge in [0.2, 0.25) is 0 Å². The molecule has 0 aromatic carbocycles. The molecule has 0 heterocycles. The second-order valence-electron chi connectivity index (χ2n) is 7.50. The smallest absolute Gasteiger partial charge is 0.165 e. The van der Waals surface area contributed by atoms with Crippen LogP contribution >= 0.6 is 0 Å². The van der Waals surface area contributed by atoms with Crippen molar-refractivity contribution < 1.29 is 92.2 Å². The summed E-state index contributed by atoms with van der Waals surface area (Å²) in [5, 5.41) is 0. The fourth-order valence-corrected chi connectivity index (χ4v) is 4.48. The number of rotatable bonds is 11. The van der Waals surface area contributed by atoms with Gasteiger partial charge in [-0.3, -0.25) is 0 Å². The van der Waals surface area contributed by atoms with Gasteiger partial charge in [-0.05, 0) is 0 Å². The van der Waals surface area contributed by atoms with Gasteiger partial charge in [0.15, 0.2) is 0 Å². The van der Waals surface area contributed by atoms with Crippen LogP contribution < -0.4 is 0 Å². The molecule has 0 bridgehead atoms. The zero-order valence-corrected chi connectivity index (χ0v) is 19.7. The van der Waals surface area contributed by atoms with Crippen LogP contribution in [0.1, 0.15) is 6.42 Å². The molecule has 0 saturated heterocycles. The Hall–Kier alpha value is -0.671. The molecule has 0 aromatic rings. The molecule has 0 atom stereocenters. The Balaban J connectivity index is 6.95. The monoisotopic (exact) mass is 697 g/mol. The van der Waals surface area contributed by atoms with Crippen LogP contribution in [0.5, 0.6) is 0 Å². The van der Waals surface area contributed by atoms with Crippen LogP contribution in [0.2, 0.25) is 14.3 Å². The number of hydrogen-bond acceptors (Lipinski definition) is 0. The molecule has 0 aliphatic carbocycles. The number of halogens is 21. The van der Waals surface area contributed by atoms with Crippen molar-refractivity contribution in [1.82, 2.24) is 0 Å². The van der Waals surface area contributed by atoms with Gasteiger partial charge >= 0.3 is 179 Å². The van der Waals surface area contributed by atoms with Gasteiger partial charge in [-0.2, -0.15) is 13.2 Å². The van der Waals surface area contributed by atoms with E-state index in [4.69, 9.17) is 0 Å². The second-order valence-corrected chi connectivity index (χ2v) is 15.8. The van der Waals surface area contributed by atoms with Crippen molar-refractivity contribution in [3.63, 3.8) is 0 Å². The average Bonchev–Trinajstić information content (AvgIpc) is 2.64. The summed E-state index contributed by atoms with van der Waals surface area (Å²) in [6.07, 6.45) is -10.4. The Morgan fingerprint density at radius 2 is 0.583 bits per heavy atom. The molecule has 36 heavy (non-hydrogen) atoms. The molecule has 0 spiro atoms. The minimum Gasteiger partial charge on any atom is -0.165 e. The zero-order valence-electron chi connectivity index (χ0n) is 16.9. The van der Waals surface area contributed by atoms with Crippen molar-refractivity contribution in [3.05, 3.63) is 0 Å². The van der Waals surface area contributed by atoms with Gasteiger partial charge in [-0.25, -0.2) is 0 Å². The average molecular weight is 696 g/mol. The number of alkyl halides is 21.